The Morgan fingerprint density at radius 1 is 1.03 bits per heavy atom. The number of nitro benzene ring substituents is 1. The smallest absolute Gasteiger partial charge is 0.271 e. The molecule has 10 heteroatoms. The van der Waals surface area contributed by atoms with Gasteiger partial charge in [-0.1, -0.05) is 56.3 Å². The van der Waals surface area contributed by atoms with Crippen molar-refractivity contribution in [1.82, 2.24) is 4.72 Å². The zero-order valence-electron chi connectivity index (χ0n) is 19.6. The lowest BCUT2D eigenvalue weighted by Gasteiger charge is -2.20. The molecule has 0 saturated heterocycles. The minimum atomic E-state index is -4.18. The van der Waals surface area contributed by atoms with Crippen LogP contribution in [0.2, 0.25) is 0 Å². The Balaban J connectivity index is 1.95. The van der Waals surface area contributed by atoms with E-state index in [4.69, 9.17) is 4.74 Å². The number of non-ortho nitro benzene ring substituents is 1. The molecule has 0 fully saturated rings. The monoisotopic (exact) mass is 497 g/mol. The Hall–Kier alpha value is -3.76. The van der Waals surface area contributed by atoms with Crippen LogP contribution in [-0.2, 0) is 21.2 Å². The maximum absolute atomic E-state index is 13.4. The second kappa shape index (κ2) is 11.1. The SMILES string of the molecule is COc1ccc(C(C)C)cc1S(=O)(=O)NC(Cc1ccccc1)C(=O)Nc1cccc([N+](=O)[O-])c1. The number of rotatable bonds is 10. The molecular formula is C25H27N3O6S. The molecule has 0 aliphatic carbocycles. The molecule has 1 amide bonds. The summed E-state index contributed by atoms with van der Waals surface area (Å²) in [4.78, 5) is 23.6. The van der Waals surface area contributed by atoms with E-state index in [9.17, 15) is 23.3 Å². The molecule has 3 aromatic rings. The maximum atomic E-state index is 13.4. The molecule has 2 N–H and O–H groups in total. The normalized spacial score (nSPS) is 12.2. The predicted molar refractivity (Wildman–Crippen MR) is 133 cm³/mol. The third-order valence-corrected chi connectivity index (χ3v) is 6.86. The summed E-state index contributed by atoms with van der Waals surface area (Å²) in [5.74, 6) is -0.427. The summed E-state index contributed by atoms with van der Waals surface area (Å²) in [7, 11) is -2.81. The topological polar surface area (TPSA) is 128 Å². The van der Waals surface area contributed by atoms with Crippen molar-refractivity contribution < 1.29 is 22.9 Å². The largest absolute Gasteiger partial charge is 0.495 e. The molecule has 35 heavy (non-hydrogen) atoms. The molecule has 1 atom stereocenters. The molecule has 1 unspecified atom stereocenters. The van der Waals surface area contributed by atoms with Crippen LogP contribution in [-0.4, -0.2) is 32.4 Å². The minimum Gasteiger partial charge on any atom is -0.495 e. The van der Waals surface area contributed by atoms with Gasteiger partial charge in [0.25, 0.3) is 5.69 Å². The molecule has 184 valence electrons. The number of ether oxygens (including phenoxy) is 1. The van der Waals surface area contributed by atoms with E-state index in [1.807, 2.05) is 19.9 Å². The summed E-state index contributed by atoms with van der Waals surface area (Å²) >= 11 is 0. The van der Waals surface area contributed by atoms with Crippen LogP contribution >= 0.6 is 0 Å². The molecule has 0 bridgehead atoms. The first-order valence-electron chi connectivity index (χ1n) is 10.9. The first kappa shape index (κ1) is 25.9. The summed E-state index contributed by atoms with van der Waals surface area (Å²) in [5, 5.41) is 13.7. The van der Waals surface area contributed by atoms with E-state index < -0.39 is 26.9 Å². The molecule has 0 spiro atoms. The van der Waals surface area contributed by atoms with Crippen LogP contribution in [0, 0.1) is 10.1 Å². The van der Waals surface area contributed by atoms with Crippen molar-refractivity contribution in [2.75, 3.05) is 12.4 Å². The van der Waals surface area contributed by atoms with E-state index in [2.05, 4.69) is 10.0 Å². The number of methoxy groups -OCH3 is 1. The molecule has 0 radical (unpaired) electrons. The van der Waals surface area contributed by atoms with Gasteiger partial charge in [0, 0.05) is 17.8 Å². The van der Waals surface area contributed by atoms with Gasteiger partial charge in [-0.25, -0.2) is 8.42 Å². The van der Waals surface area contributed by atoms with E-state index >= 15 is 0 Å². The van der Waals surface area contributed by atoms with Crippen molar-refractivity contribution in [3.63, 3.8) is 0 Å². The molecule has 3 rings (SSSR count). The number of hydrogen-bond donors (Lipinski definition) is 2. The number of carbonyl (C=O) groups is 1. The van der Waals surface area contributed by atoms with Crippen molar-refractivity contribution in [2.45, 2.75) is 37.1 Å². The Bertz CT molecular complexity index is 1310. The average molecular weight is 498 g/mol. The highest BCUT2D eigenvalue weighted by Crippen LogP contribution is 2.28. The van der Waals surface area contributed by atoms with Crippen molar-refractivity contribution >= 4 is 27.3 Å². The molecular weight excluding hydrogens is 470 g/mol. The van der Waals surface area contributed by atoms with E-state index in [0.717, 1.165) is 11.1 Å². The number of hydrogen-bond acceptors (Lipinski definition) is 6. The molecule has 3 aromatic carbocycles. The van der Waals surface area contributed by atoms with Crippen LogP contribution in [0.25, 0.3) is 0 Å². The zero-order chi connectivity index (χ0) is 25.6. The lowest BCUT2D eigenvalue weighted by atomic mass is 10.0. The Morgan fingerprint density at radius 2 is 1.74 bits per heavy atom. The molecule has 0 aromatic heterocycles. The van der Waals surface area contributed by atoms with Crippen LogP contribution in [0.15, 0.2) is 77.7 Å². The number of carbonyl (C=O) groups excluding carboxylic acids is 1. The summed E-state index contributed by atoms with van der Waals surface area (Å²) in [6.45, 7) is 3.88. The summed E-state index contributed by atoms with van der Waals surface area (Å²) in [6.07, 6.45) is 0.0625. The summed E-state index contributed by atoms with van der Waals surface area (Å²) in [5.41, 5.74) is 1.52. The number of nitro groups is 1. The van der Waals surface area contributed by atoms with Gasteiger partial charge in [0.15, 0.2) is 0 Å². The van der Waals surface area contributed by atoms with Gasteiger partial charge in [0.05, 0.1) is 12.0 Å². The van der Waals surface area contributed by atoms with E-state index in [0.29, 0.717) is 0 Å². The van der Waals surface area contributed by atoms with Gasteiger partial charge in [-0.2, -0.15) is 4.72 Å². The van der Waals surface area contributed by atoms with Crippen molar-refractivity contribution in [3.8, 4) is 5.75 Å². The number of nitrogens with zero attached hydrogens (tertiary/aromatic N) is 1. The maximum Gasteiger partial charge on any atom is 0.271 e. The van der Waals surface area contributed by atoms with Crippen molar-refractivity contribution in [3.05, 3.63) is 94.0 Å². The number of sulfonamides is 1. The highest BCUT2D eigenvalue weighted by atomic mass is 32.2. The van der Waals surface area contributed by atoms with E-state index in [-0.39, 0.29) is 34.4 Å². The third kappa shape index (κ3) is 6.65. The fourth-order valence-corrected chi connectivity index (χ4v) is 4.88. The number of anilines is 1. The van der Waals surface area contributed by atoms with E-state index in [1.54, 1.807) is 36.4 Å². The van der Waals surface area contributed by atoms with Gasteiger partial charge in [-0.05, 0) is 41.7 Å². The highest BCUT2D eigenvalue weighted by molar-refractivity contribution is 7.89. The Labute approximate surface area is 204 Å². The lowest BCUT2D eigenvalue weighted by molar-refractivity contribution is -0.384. The molecule has 9 nitrogen and oxygen atoms in total. The van der Waals surface area contributed by atoms with Gasteiger partial charge >= 0.3 is 0 Å². The van der Waals surface area contributed by atoms with Crippen LogP contribution < -0.4 is 14.8 Å². The summed E-state index contributed by atoms with van der Waals surface area (Å²) < 4.78 is 34.6. The number of benzene rings is 3. The van der Waals surface area contributed by atoms with Crippen molar-refractivity contribution in [2.24, 2.45) is 0 Å². The fourth-order valence-electron chi connectivity index (χ4n) is 3.48. The van der Waals surface area contributed by atoms with Crippen LogP contribution in [0.3, 0.4) is 0 Å². The van der Waals surface area contributed by atoms with Crippen LogP contribution in [0.1, 0.15) is 30.9 Å². The van der Waals surface area contributed by atoms with Crippen molar-refractivity contribution in [1.29, 1.82) is 0 Å². The number of nitrogens with one attached hydrogen (secondary N) is 2. The van der Waals surface area contributed by atoms with E-state index in [1.165, 1.54) is 37.4 Å². The quantitative estimate of drug-likeness (QED) is 0.318. The summed E-state index contributed by atoms with van der Waals surface area (Å²) in [6, 6.07) is 18.1. The minimum absolute atomic E-state index is 0.0625. The van der Waals surface area contributed by atoms with Gasteiger partial charge in [0.1, 0.15) is 16.7 Å². The first-order valence-corrected chi connectivity index (χ1v) is 12.4. The second-order valence-corrected chi connectivity index (χ2v) is 9.91. The lowest BCUT2D eigenvalue weighted by Crippen LogP contribution is -2.45. The predicted octanol–water partition coefficient (Wildman–Crippen LogP) is 4.26. The molecule has 0 heterocycles. The standard InChI is InChI=1S/C25H27N3O6S/c1-17(2)19-12-13-23(34-3)24(15-19)35(32,33)27-22(14-18-8-5-4-6-9-18)25(29)26-20-10-7-11-21(16-20)28(30)31/h4-13,15-17,22,27H,14H2,1-3H3,(H,26,29). The fraction of sp³-hybridized carbons (Fsp3) is 0.240. The van der Waals surface area contributed by atoms with Crippen LogP contribution in [0.5, 0.6) is 5.75 Å². The molecule has 0 aliphatic heterocycles. The highest BCUT2D eigenvalue weighted by Gasteiger charge is 2.29. The molecule has 0 saturated carbocycles. The van der Waals surface area contributed by atoms with Gasteiger partial charge in [0.2, 0.25) is 15.9 Å². The number of amides is 1. The van der Waals surface area contributed by atoms with Gasteiger partial charge < -0.3 is 10.1 Å². The Morgan fingerprint density at radius 3 is 2.37 bits per heavy atom. The second-order valence-electron chi connectivity index (χ2n) is 8.23. The zero-order valence-corrected chi connectivity index (χ0v) is 20.4. The van der Waals surface area contributed by atoms with Gasteiger partial charge in [-0.15, -0.1) is 0 Å². The van der Waals surface area contributed by atoms with Gasteiger partial charge in [-0.3, -0.25) is 14.9 Å². The third-order valence-electron chi connectivity index (χ3n) is 5.36. The average Bonchev–Trinajstić information content (AvgIpc) is 2.83. The first-order chi connectivity index (χ1) is 16.6. The Kier molecular flexibility index (Phi) is 8.21. The molecule has 0 aliphatic rings. The van der Waals surface area contributed by atoms with Crippen LogP contribution in [0.4, 0.5) is 11.4 Å².